The molecule has 0 unspecified atom stereocenters. The molecule has 0 saturated carbocycles. The Morgan fingerprint density at radius 2 is 1.53 bits per heavy atom. The summed E-state index contributed by atoms with van der Waals surface area (Å²) in [6.45, 7) is 16.4. The molecule has 19 heavy (non-hydrogen) atoms. The van der Waals surface area contributed by atoms with E-state index in [-0.39, 0.29) is 0 Å². The van der Waals surface area contributed by atoms with Crippen molar-refractivity contribution in [2.24, 2.45) is 5.41 Å². The summed E-state index contributed by atoms with van der Waals surface area (Å²) in [7, 11) is 0. The third kappa shape index (κ3) is 2.96. The number of benzene rings is 1. The zero-order chi connectivity index (χ0) is 14.2. The van der Waals surface area contributed by atoms with Crippen LogP contribution in [0.4, 0.5) is 5.69 Å². The molecule has 0 aliphatic carbocycles. The van der Waals surface area contributed by atoms with Crippen LogP contribution in [0, 0.1) is 5.41 Å². The van der Waals surface area contributed by atoms with Crippen molar-refractivity contribution in [1.29, 1.82) is 0 Å². The van der Waals surface area contributed by atoms with Gasteiger partial charge in [-0.05, 0) is 34.8 Å². The Morgan fingerprint density at radius 3 is 1.89 bits per heavy atom. The highest BCUT2D eigenvalue weighted by Gasteiger charge is 2.31. The largest absolute Gasteiger partial charge is 0.371 e. The molecule has 1 aliphatic rings. The molecule has 0 N–H and O–H groups in total. The first-order chi connectivity index (χ1) is 8.82. The molecule has 1 aliphatic heterocycles. The van der Waals surface area contributed by atoms with Gasteiger partial charge in [0.15, 0.2) is 0 Å². The molecule has 1 heterocycles. The maximum absolute atomic E-state index is 2.63. The van der Waals surface area contributed by atoms with Gasteiger partial charge in [0, 0.05) is 18.8 Å². The minimum atomic E-state index is 0.457. The predicted octanol–water partition coefficient (Wildman–Crippen LogP) is 5.17. The molecule has 1 nitrogen and oxygen atoms in total. The molecule has 1 aromatic carbocycles. The van der Waals surface area contributed by atoms with Gasteiger partial charge in [-0.1, -0.05) is 59.7 Å². The van der Waals surface area contributed by atoms with Crippen molar-refractivity contribution in [3.05, 3.63) is 29.3 Å². The van der Waals surface area contributed by atoms with Gasteiger partial charge in [0.2, 0.25) is 0 Å². The van der Waals surface area contributed by atoms with Crippen molar-refractivity contribution in [2.45, 2.75) is 59.8 Å². The fourth-order valence-electron chi connectivity index (χ4n) is 3.18. The van der Waals surface area contributed by atoms with Crippen LogP contribution in [0.25, 0.3) is 0 Å². The number of nitrogens with zero attached hydrogens (tertiary/aromatic N) is 1. The van der Waals surface area contributed by atoms with E-state index in [1.807, 2.05) is 0 Å². The summed E-state index contributed by atoms with van der Waals surface area (Å²) < 4.78 is 0. The van der Waals surface area contributed by atoms with Crippen LogP contribution in [-0.2, 0) is 0 Å². The highest BCUT2D eigenvalue weighted by Crippen LogP contribution is 2.40. The zero-order valence-corrected chi connectivity index (χ0v) is 13.5. The molecule has 0 atom stereocenters. The SMILES string of the molecule is CC(C)c1cccc(C(C)C)c1N1CCC(C)(C)C1. The molecule has 0 radical (unpaired) electrons. The quantitative estimate of drug-likeness (QED) is 0.724. The van der Waals surface area contributed by atoms with Crippen molar-refractivity contribution in [2.75, 3.05) is 18.0 Å². The Balaban J connectivity index is 2.47. The molecule has 0 aromatic heterocycles. The fourth-order valence-corrected chi connectivity index (χ4v) is 3.18. The van der Waals surface area contributed by atoms with Gasteiger partial charge in [-0.25, -0.2) is 0 Å². The first-order valence-electron chi connectivity index (χ1n) is 7.69. The average Bonchev–Trinajstić information content (AvgIpc) is 2.68. The van der Waals surface area contributed by atoms with E-state index < -0.39 is 0 Å². The van der Waals surface area contributed by atoms with E-state index in [0.717, 1.165) is 0 Å². The van der Waals surface area contributed by atoms with E-state index in [4.69, 9.17) is 0 Å². The van der Waals surface area contributed by atoms with Crippen LogP contribution in [-0.4, -0.2) is 13.1 Å². The van der Waals surface area contributed by atoms with Gasteiger partial charge in [0.25, 0.3) is 0 Å². The van der Waals surface area contributed by atoms with Gasteiger partial charge in [0.1, 0.15) is 0 Å². The molecular formula is C18H29N. The van der Waals surface area contributed by atoms with Crippen LogP contribution in [0.5, 0.6) is 0 Å². The van der Waals surface area contributed by atoms with E-state index in [0.29, 0.717) is 17.3 Å². The van der Waals surface area contributed by atoms with E-state index in [1.54, 1.807) is 0 Å². The zero-order valence-electron chi connectivity index (χ0n) is 13.5. The second-order valence-electron chi connectivity index (χ2n) is 7.43. The summed E-state index contributed by atoms with van der Waals surface area (Å²) in [6, 6.07) is 6.86. The molecule has 0 bridgehead atoms. The van der Waals surface area contributed by atoms with Gasteiger partial charge in [-0.15, -0.1) is 0 Å². The summed E-state index contributed by atoms with van der Waals surface area (Å²) in [5.41, 5.74) is 5.02. The molecule has 106 valence electrons. The molecule has 1 heteroatoms. The molecule has 1 fully saturated rings. The Morgan fingerprint density at radius 1 is 1.00 bits per heavy atom. The minimum Gasteiger partial charge on any atom is -0.371 e. The number of rotatable bonds is 3. The number of hydrogen-bond acceptors (Lipinski definition) is 1. The molecule has 2 rings (SSSR count). The summed E-state index contributed by atoms with van der Waals surface area (Å²) in [5, 5.41) is 0. The standard InChI is InChI=1S/C18H29N/c1-13(2)15-8-7-9-16(14(3)4)17(15)19-11-10-18(5,6)12-19/h7-9,13-14H,10-12H2,1-6H3. The van der Waals surface area contributed by atoms with Crippen LogP contribution >= 0.6 is 0 Å². The van der Waals surface area contributed by atoms with Gasteiger partial charge in [-0.2, -0.15) is 0 Å². The molecule has 0 amide bonds. The van der Waals surface area contributed by atoms with Crippen LogP contribution < -0.4 is 4.90 Å². The maximum Gasteiger partial charge on any atom is 0.0436 e. The van der Waals surface area contributed by atoms with Crippen molar-refractivity contribution in [3.8, 4) is 0 Å². The average molecular weight is 259 g/mol. The van der Waals surface area contributed by atoms with Crippen LogP contribution in [0.2, 0.25) is 0 Å². The highest BCUT2D eigenvalue weighted by atomic mass is 15.2. The Labute approximate surface area is 119 Å². The first-order valence-corrected chi connectivity index (χ1v) is 7.69. The van der Waals surface area contributed by atoms with Crippen LogP contribution in [0.1, 0.15) is 70.9 Å². The van der Waals surface area contributed by atoms with Crippen LogP contribution in [0.15, 0.2) is 18.2 Å². The Bertz CT molecular complexity index is 417. The van der Waals surface area contributed by atoms with E-state index >= 15 is 0 Å². The third-order valence-corrected chi connectivity index (χ3v) is 4.34. The summed E-state index contributed by atoms with van der Waals surface area (Å²) in [6.07, 6.45) is 1.30. The van der Waals surface area contributed by atoms with Gasteiger partial charge in [-0.3, -0.25) is 0 Å². The lowest BCUT2D eigenvalue weighted by Crippen LogP contribution is -2.25. The van der Waals surface area contributed by atoms with Crippen molar-refractivity contribution < 1.29 is 0 Å². The topological polar surface area (TPSA) is 3.24 Å². The lowest BCUT2D eigenvalue weighted by atomic mass is 9.91. The lowest BCUT2D eigenvalue weighted by Gasteiger charge is -2.29. The smallest absolute Gasteiger partial charge is 0.0436 e. The normalized spacial score (nSPS) is 18.6. The molecular weight excluding hydrogens is 230 g/mol. The van der Waals surface area contributed by atoms with E-state index in [1.165, 1.54) is 36.3 Å². The summed E-state index contributed by atoms with van der Waals surface area (Å²) in [5.74, 6) is 1.19. The number of hydrogen-bond donors (Lipinski definition) is 0. The fraction of sp³-hybridized carbons (Fsp3) is 0.667. The molecule has 0 spiro atoms. The van der Waals surface area contributed by atoms with Crippen LogP contribution in [0.3, 0.4) is 0 Å². The number of anilines is 1. The Kier molecular flexibility index (Phi) is 3.94. The monoisotopic (exact) mass is 259 g/mol. The minimum absolute atomic E-state index is 0.457. The van der Waals surface area contributed by atoms with Crippen molar-refractivity contribution >= 4 is 5.69 Å². The maximum atomic E-state index is 2.63. The van der Waals surface area contributed by atoms with Gasteiger partial charge < -0.3 is 4.90 Å². The highest BCUT2D eigenvalue weighted by molar-refractivity contribution is 5.62. The second kappa shape index (κ2) is 5.19. The first kappa shape index (κ1) is 14.4. The summed E-state index contributed by atoms with van der Waals surface area (Å²) >= 11 is 0. The van der Waals surface area contributed by atoms with E-state index in [9.17, 15) is 0 Å². The summed E-state index contributed by atoms with van der Waals surface area (Å²) in [4.78, 5) is 2.63. The molecule has 1 saturated heterocycles. The number of para-hydroxylation sites is 1. The lowest BCUT2D eigenvalue weighted by molar-refractivity contribution is 0.418. The third-order valence-electron chi connectivity index (χ3n) is 4.34. The van der Waals surface area contributed by atoms with Gasteiger partial charge in [0.05, 0.1) is 0 Å². The van der Waals surface area contributed by atoms with Crippen molar-refractivity contribution in [3.63, 3.8) is 0 Å². The Hall–Kier alpha value is -0.980. The predicted molar refractivity (Wildman–Crippen MR) is 85.2 cm³/mol. The van der Waals surface area contributed by atoms with E-state index in [2.05, 4.69) is 64.6 Å². The molecule has 1 aromatic rings. The second-order valence-corrected chi connectivity index (χ2v) is 7.43. The van der Waals surface area contributed by atoms with Crippen molar-refractivity contribution in [1.82, 2.24) is 0 Å². The van der Waals surface area contributed by atoms with Gasteiger partial charge >= 0.3 is 0 Å².